The fraction of sp³-hybridized carbons (Fsp3) is 0.333. The predicted octanol–water partition coefficient (Wildman–Crippen LogP) is 2.79. The maximum absolute atomic E-state index is 4.36. The maximum Gasteiger partial charge on any atom is 0.115 e. The summed E-state index contributed by atoms with van der Waals surface area (Å²) in [5.74, 6) is 0. The topological polar surface area (TPSA) is 37.8 Å². The van der Waals surface area contributed by atoms with Gasteiger partial charge in [0.25, 0.3) is 0 Å². The molecule has 3 heteroatoms. The first-order chi connectivity index (χ1) is 8.72. The van der Waals surface area contributed by atoms with Crippen molar-refractivity contribution < 1.29 is 0 Å². The van der Waals surface area contributed by atoms with Gasteiger partial charge in [-0.05, 0) is 37.6 Å². The lowest BCUT2D eigenvalue weighted by atomic mass is 9.97. The number of hydrogen-bond acceptors (Lipinski definition) is 3. The second-order valence-electron chi connectivity index (χ2n) is 4.48. The van der Waals surface area contributed by atoms with Gasteiger partial charge in [0.05, 0.1) is 11.7 Å². The SMILES string of the molecule is CCNC(c1ccncn1)c1ccc(C)cc1C. The molecule has 0 fully saturated rings. The third kappa shape index (κ3) is 2.74. The molecule has 0 amide bonds. The lowest BCUT2D eigenvalue weighted by Gasteiger charge is -2.20. The monoisotopic (exact) mass is 241 g/mol. The summed E-state index contributed by atoms with van der Waals surface area (Å²) in [6.07, 6.45) is 3.39. The Bertz CT molecular complexity index is 508. The van der Waals surface area contributed by atoms with Gasteiger partial charge in [0, 0.05) is 6.20 Å². The smallest absolute Gasteiger partial charge is 0.115 e. The van der Waals surface area contributed by atoms with Gasteiger partial charge in [-0.1, -0.05) is 30.7 Å². The van der Waals surface area contributed by atoms with E-state index in [0.29, 0.717) is 0 Å². The van der Waals surface area contributed by atoms with Crippen LogP contribution in [0.4, 0.5) is 0 Å². The Hall–Kier alpha value is -1.74. The van der Waals surface area contributed by atoms with E-state index in [1.165, 1.54) is 16.7 Å². The highest BCUT2D eigenvalue weighted by Crippen LogP contribution is 2.23. The molecule has 0 saturated heterocycles. The molecule has 2 aromatic rings. The summed E-state index contributed by atoms with van der Waals surface area (Å²) in [7, 11) is 0. The quantitative estimate of drug-likeness (QED) is 0.894. The van der Waals surface area contributed by atoms with Crippen molar-refractivity contribution in [1.82, 2.24) is 15.3 Å². The highest BCUT2D eigenvalue weighted by atomic mass is 14.9. The van der Waals surface area contributed by atoms with E-state index in [2.05, 4.69) is 54.3 Å². The first kappa shape index (κ1) is 12.7. The van der Waals surface area contributed by atoms with E-state index in [0.717, 1.165) is 12.2 Å². The number of rotatable bonds is 4. The molecule has 0 aliphatic rings. The predicted molar refractivity (Wildman–Crippen MR) is 73.5 cm³/mol. The molecular weight excluding hydrogens is 222 g/mol. The van der Waals surface area contributed by atoms with E-state index in [-0.39, 0.29) is 6.04 Å². The molecule has 1 unspecified atom stereocenters. The average molecular weight is 241 g/mol. The van der Waals surface area contributed by atoms with Crippen molar-refractivity contribution in [2.24, 2.45) is 0 Å². The lowest BCUT2D eigenvalue weighted by molar-refractivity contribution is 0.611. The minimum Gasteiger partial charge on any atom is -0.305 e. The van der Waals surface area contributed by atoms with Gasteiger partial charge in [-0.25, -0.2) is 9.97 Å². The van der Waals surface area contributed by atoms with Crippen molar-refractivity contribution in [3.8, 4) is 0 Å². The zero-order valence-electron chi connectivity index (χ0n) is 11.1. The number of hydrogen-bond donors (Lipinski definition) is 1. The Kier molecular flexibility index (Phi) is 4.05. The second-order valence-corrected chi connectivity index (χ2v) is 4.48. The van der Waals surface area contributed by atoms with Crippen molar-refractivity contribution in [3.05, 3.63) is 59.2 Å². The number of aryl methyl sites for hydroxylation is 2. The molecule has 0 radical (unpaired) electrons. The first-order valence-corrected chi connectivity index (χ1v) is 6.28. The van der Waals surface area contributed by atoms with E-state index < -0.39 is 0 Å². The lowest BCUT2D eigenvalue weighted by Crippen LogP contribution is -2.23. The number of nitrogens with zero attached hydrogens (tertiary/aromatic N) is 2. The Morgan fingerprint density at radius 1 is 1.22 bits per heavy atom. The largest absolute Gasteiger partial charge is 0.305 e. The summed E-state index contributed by atoms with van der Waals surface area (Å²) in [4.78, 5) is 8.34. The van der Waals surface area contributed by atoms with Crippen molar-refractivity contribution in [3.63, 3.8) is 0 Å². The zero-order valence-corrected chi connectivity index (χ0v) is 11.1. The maximum atomic E-state index is 4.36. The standard InChI is InChI=1S/C15H19N3/c1-4-17-15(14-7-8-16-10-18-14)13-6-5-11(2)9-12(13)3/h5-10,15,17H,4H2,1-3H3. The van der Waals surface area contributed by atoms with Crippen LogP contribution >= 0.6 is 0 Å². The van der Waals surface area contributed by atoms with Gasteiger partial charge in [-0.3, -0.25) is 0 Å². The number of benzene rings is 1. The average Bonchev–Trinajstić information content (AvgIpc) is 2.38. The van der Waals surface area contributed by atoms with E-state index >= 15 is 0 Å². The van der Waals surface area contributed by atoms with E-state index in [9.17, 15) is 0 Å². The minimum atomic E-state index is 0.138. The third-order valence-electron chi connectivity index (χ3n) is 3.05. The molecule has 0 aliphatic heterocycles. The molecule has 0 aliphatic carbocycles. The summed E-state index contributed by atoms with van der Waals surface area (Å²) < 4.78 is 0. The van der Waals surface area contributed by atoms with Crippen molar-refractivity contribution in [1.29, 1.82) is 0 Å². The summed E-state index contributed by atoms with van der Waals surface area (Å²) in [6, 6.07) is 8.64. The molecule has 0 saturated carbocycles. The van der Waals surface area contributed by atoms with Gasteiger partial charge in [0.2, 0.25) is 0 Å². The normalized spacial score (nSPS) is 12.4. The zero-order chi connectivity index (χ0) is 13.0. The summed E-state index contributed by atoms with van der Waals surface area (Å²) in [6.45, 7) is 7.28. The molecule has 0 spiro atoms. The molecule has 1 heterocycles. The molecule has 1 aromatic heterocycles. The number of nitrogens with one attached hydrogen (secondary N) is 1. The Labute approximate surface area is 108 Å². The summed E-state index contributed by atoms with van der Waals surface area (Å²) in [5.41, 5.74) is 4.87. The van der Waals surface area contributed by atoms with E-state index in [1.54, 1.807) is 12.5 Å². The molecule has 94 valence electrons. The molecule has 1 aromatic carbocycles. The molecule has 1 N–H and O–H groups in total. The molecular formula is C15H19N3. The van der Waals surface area contributed by atoms with Crippen LogP contribution in [-0.2, 0) is 0 Å². The van der Waals surface area contributed by atoms with Gasteiger partial charge in [0.15, 0.2) is 0 Å². The van der Waals surface area contributed by atoms with Gasteiger partial charge in [0.1, 0.15) is 6.33 Å². The first-order valence-electron chi connectivity index (χ1n) is 6.28. The summed E-state index contributed by atoms with van der Waals surface area (Å²) in [5, 5.41) is 3.49. The van der Waals surface area contributed by atoms with Crippen LogP contribution in [0.5, 0.6) is 0 Å². The highest BCUT2D eigenvalue weighted by molar-refractivity contribution is 5.36. The van der Waals surface area contributed by atoms with Crippen molar-refractivity contribution in [2.75, 3.05) is 6.54 Å². The Morgan fingerprint density at radius 3 is 2.67 bits per heavy atom. The van der Waals surface area contributed by atoms with Crippen LogP contribution in [0.15, 0.2) is 36.8 Å². The second kappa shape index (κ2) is 5.74. The van der Waals surface area contributed by atoms with Gasteiger partial charge in [-0.2, -0.15) is 0 Å². The molecule has 0 bridgehead atoms. The minimum absolute atomic E-state index is 0.138. The highest BCUT2D eigenvalue weighted by Gasteiger charge is 2.15. The van der Waals surface area contributed by atoms with Gasteiger partial charge in [-0.15, -0.1) is 0 Å². The van der Waals surface area contributed by atoms with Crippen LogP contribution in [0, 0.1) is 13.8 Å². The van der Waals surface area contributed by atoms with Crippen LogP contribution in [0.2, 0.25) is 0 Å². The third-order valence-corrected chi connectivity index (χ3v) is 3.05. The molecule has 3 nitrogen and oxygen atoms in total. The summed E-state index contributed by atoms with van der Waals surface area (Å²) >= 11 is 0. The molecule has 2 rings (SSSR count). The van der Waals surface area contributed by atoms with Crippen LogP contribution in [-0.4, -0.2) is 16.5 Å². The fourth-order valence-electron chi connectivity index (χ4n) is 2.20. The Balaban J connectivity index is 2.41. The van der Waals surface area contributed by atoms with E-state index in [4.69, 9.17) is 0 Å². The van der Waals surface area contributed by atoms with Crippen LogP contribution in [0.1, 0.15) is 35.3 Å². The molecule has 18 heavy (non-hydrogen) atoms. The van der Waals surface area contributed by atoms with E-state index in [1.807, 2.05) is 6.07 Å². The molecule has 1 atom stereocenters. The van der Waals surface area contributed by atoms with Gasteiger partial charge >= 0.3 is 0 Å². The number of aromatic nitrogens is 2. The van der Waals surface area contributed by atoms with Crippen LogP contribution < -0.4 is 5.32 Å². The van der Waals surface area contributed by atoms with Crippen molar-refractivity contribution >= 4 is 0 Å². The van der Waals surface area contributed by atoms with Crippen LogP contribution in [0.3, 0.4) is 0 Å². The Morgan fingerprint density at radius 2 is 2.06 bits per heavy atom. The fourth-order valence-corrected chi connectivity index (χ4v) is 2.20. The van der Waals surface area contributed by atoms with Crippen LogP contribution in [0.25, 0.3) is 0 Å². The van der Waals surface area contributed by atoms with Gasteiger partial charge < -0.3 is 5.32 Å². The van der Waals surface area contributed by atoms with Crippen molar-refractivity contribution in [2.45, 2.75) is 26.8 Å².